The highest BCUT2D eigenvalue weighted by Gasteiger charge is 2.35. The zero-order valence-corrected chi connectivity index (χ0v) is 18.5. The van der Waals surface area contributed by atoms with Crippen LogP contribution in [0, 0.1) is 11.2 Å². The molecule has 3 heterocycles. The van der Waals surface area contributed by atoms with Crippen molar-refractivity contribution >= 4 is 28.4 Å². The van der Waals surface area contributed by atoms with E-state index in [0.29, 0.717) is 18.4 Å². The van der Waals surface area contributed by atoms with E-state index in [-0.39, 0.29) is 22.6 Å². The standard InChI is InChI=1S/C21H20FN3O2.C4H9N/c1-21(2)9-17-19(11-3-5-13(20(24)27)15(23)7-11)14-6-4-12(22)8-16(14)25(17)18(26)10-21;1-2-4-5-3-1/h3-8H,9-10,23H2,1-2H3,(H2,24,27);5H,1-4H2. The predicted octanol–water partition coefficient (Wildman–Crippen LogP) is 4.11. The summed E-state index contributed by atoms with van der Waals surface area (Å²) >= 11 is 0. The topological polar surface area (TPSA) is 103 Å². The van der Waals surface area contributed by atoms with Gasteiger partial charge in [-0.2, -0.15) is 0 Å². The maximum atomic E-state index is 13.9. The zero-order chi connectivity index (χ0) is 23.0. The molecule has 0 radical (unpaired) electrons. The molecular weight excluding hydrogens is 407 g/mol. The number of nitrogens with two attached hydrogens (primary N) is 2. The molecule has 0 bridgehead atoms. The summed E-state index contributed by atoms with van der Waals surface area (Å²) in [7, 11) is 0. The van der Waals surface area contributed by atoms with Crippen LogP contribution in [0.25, 0.3) is 22.0 Å². The Kier molecular flexibility index (Phi) is 5.77. The van der Waals surface area contributed by atoms with Gasteiger partial charge in [-0.05, 0) is 73.7 Å². The van der Waals surface area contributed by atoms with Gasteiger partial charge in [0.1, 0.15) is 5.82 Å². The summed E-state index contributed by atoms with van der Waals surface area (Å²) in [4.78, 5) is 24.3. The number of aromatic nitrogens is 1. The number of nitrogens with one attached hydrogen (secondary N) is 1. The van der Waals surface area contributed by atoms with Gasteiger partial charge < -0.3 is 16.8 Å². The van der Waals surface area contributed by atoms with Crippen LogP contribution in [0.3, 0.4) is 0 Å². The lowest BCUT2D eigenvalue weighted by molar-refractivity contribution is 0.0816. The minimum atomic E-state index is -0.596. The average molecular weight is 437 g/mol. The van der Waals surface area contributed by atoms with Gasteiger partial charge in [-0.15, -0.1) is 0 Å². The van der Waals surface area contributed by atoms with Gasteiger partial charge in [0.15, 0.2) is 0 Å². The van der Waals surface area contributed by atoms with Crippen molar-refractivity contribution < 1.29 is 14.0 Å². The molecule has 0 atom stereocenters. The van der Waals surface area contributed by atoms with Crippen molar-refractivity contribution in [1.29, 1.82) is 0 Å². The first kappa shape index (κ1) is 22.0. The molecular formula is C25H29FN4O2. The van der Waals surface area contributed by atoms with Gasteiger partial charge in [0.05, 0.1) is 11.1 Å². The first-order valence-corrected chi connectivity index (χ1v) is 10.9. The van der Waals surface area contributed by atoms with Gasteiger partial charge in [0.25, 0.3) is 5.91 Å². The van der Waals surface area contributed by atoms with Crippen LogP contribution in [-0.2, 0) is 6.42 Å². The van der Waals surface area contributed by atoms with E-state index in [0.717, 1.165) is 22.2 Å². The third-order valence-corrected chi connectivity index (χ3v) is 6.12. The zero-order valence-electron chi connectivity index (χ0n) is 18.5. The van der Waals surface area contributed by atoms with Crippen molar-refractivity contribution in [2.45, 2.75) is 39.5 Å². The molecule has 1 fully saturated rings. The quantitative estimate of drug-likeness (QED) is 0.526. The van der Waals surface area contributed by atoms with Crippen LogP contribution in [0.4, 0.5) is 10.1 Å². The van der Waals surface area contributed by atoms with Gasteiger partial charge in [-0.1, -0.05) is 19.9 Å². The number of rotatable bonds is 2. The van der Waals surface area contributed by atoms with Crippen molar-refractivity contribution in [3.63, 3.8) is 0 Å². The van der Waals surface area contributed by atoms with Crippen molar-refractivity contribution in [1.82, 2.24) is 9.88 Å². The average Bonchev–Trinajstić information content (AvgIpc) is 3.36. The second kappa shape index (κ2) is 8.39. The highest BCUT2D eigenvalue weighted by molar-refractivity contribution is 6.06. The van der Waals surface area contributed by atoms with Gasteiger partial charge >= 0.3 is 0 Å². The number of fused-ring (bicyclic) bond motifs is 3. The van der Waals surface area contributed by atoms with Gasteiger partial charge in [-0.3, -0.25) is 14.2 Å². The van der Waals surface area contributed by atoms with E-state index in [1.165, 1.54) is 38.1 Å². The van der Waals surface area contributed by atoms with E-state index in [1.54, 1.807) is 28.8 Å². The lowest BCUT2D eigenvalue weighted by atomic mass is 9.80. The fourth-order valence-electron chi connectivity index (χ4n) is 4.66. The van der Waals surface area contributed by atoms with Gasteiger partial charge in [0, 0.05) is 28.8 Å². The maximum absolute atomic E-state index is 13.9. The fraction of sp³-hybridized carbons (Fsp3) is 0.360. The number of hydrogen-bond donors (Lipinski definition) is 3. The Balaban J connectivity index is 0.000000433. The van der Waals surface area contributed by atoms with E-state index in [4.69, 9.17) is 11.5 Å². The van der Waals surface area contributed by atoms with Gasteiger partial charge in [-0.25, -0.2) is 4.39 Å². The smallest absolute Gasteiger partial charge is 0.250 e. The monoisotopic (exact) mass is 436 g/mol. The van der Waals surface area contributed by atoms with Crippen LogP contribution in [0.2, 0.25) is 0 Å². The van der Waals surface area contributed by atoms with Crippen LogP contribution in [0.1, 0.15) is 54.0 Å². The number of nitrogen functional groups attached to an aromatic ring is 1. The third kappa shape index (κ3) is 4.12. The second-order valence-electron chi connectivity index (χ2n) is 9.35. The number of carbonyl (C=O) groups is 2. The number of halogens is 1. The number of carbonyl (C=O) groups excluding carboxylic acids is 2. The molecule has 168 valence electrons. The van der Waals surface area contributed by atoms with E-state index in [2.05, 4.69) is 5.32 Å². The summed E-state index contributed by atoms with van der Waals surface area (Å²) in [6, 6.07) is 9.49. The number of hydrogen-bond acceptors (Lipinski definition) is 4. The summed E-state index contributed by atoms with van der Waals surface area (Å²) in [5, 5.41) is 4.00. The molecule has 0 saturated carbocycles. The molecule has 2 aromatic carbocycles. The summed E-state index contributed by atoms with van der Waals surface area (Å²) in [5.41, 5.74) is 14.7. The lowest BCUT2D eigenvalue weighted by Gasteiger charge is -2.30. The molecule has 5 rings (SSSR count). The molecule has 2 aliphatic rings. The number of primary amides is 1. The minimum absolute atomic E-state index is 0.0511. The molecule has 7 heteroatoms. The van der Waals surface area contributed by atoms with Crippen LogP contribution in [-0.4, -0.2) is 29.5 Å². The maximum Gasteiger partial charge on any atom is 0.250 e. The molecule has 3 aromatic rings. The Morgan fingerprint density at radius 2 is 1.81 bits per heavy atom. The number of nitrogens with zero attached hydrogens (tertiary/aromatic N) is 1. The summed E-state index contributed by atoms with van der Waals surface area (Å²) < 4.78 is 15.5. The molecule has 1 amide bonds. The molecule has 32 heavy (non-hydrogen) atoms. The normalized spacial score (nSPS) is 17.0. The van der Waals surface area contributed by atoms with Crippen molar-refractivity contribution in [2.24, 2.45) is 11.1 Å². The Labute approximate surface area is 186 Å². The third-order valence-electron chi connectivity index (χ3n) is 6.12. The molecule has 0 unspecified atom stereocenters. The number of amides is 1. The minimum Gasteiger partial charge on any atom is -0.398 e. The highest BCUT2D eigenvalue weighted by atomic mass is 19.1. The summed E-state index contributed by atoms with van der Waals surface area (Å²) in [5.74, 6) is -1.04. The molecule has 0 spiro atoms. The van der Waals surface area contributed by atoms with Crippen molar-refractivity contribution in [2.75, 3.05) is 18.8 Å². The SMILES string of the molecule is C1CCNC1.CC1(C)CC(=O)n2c(c(-c3ccc(C(N)=O)c(N)c3)c3ccc(F)cc32)C1. The first-order valence-electron chi connectivity index (χ1n) is 10.9. The van der Waals surface area contributed by atoms with Crippen molar-refractivity contribution in [3.05, 3.63) is 53.5 Å². The van der Waals surface area contributed by atoms with E-state index in [9.17, 15) is 14.0 Å². The second-order valence-corrected chi connectivity index (χ2v) is 9.35. The molecule has 6 nitrogen and oxygen atoms in total. The van der Waals surface area contributed by atoms with E-state index >= 15 is 0 Å². The van der Waals surface area contributed by atoms with E-state index in [1.807, 2.05) is 13.8 Å². The van der Waals surface area contributed by atoms with E-state index < -0.39 is 11.7 Å². The first-order chi connectivity index (χ1) is 15.2. The number of anilines is 1. The largest absolute Gasteiger partial charge is 0.398 e. The summed E-state index contributed by atoms with van der Waals surface area (Å²) in [6.07, 6.45) is 3.84. The number of benzene rings is 2. The molecule has 1 saturated heterocycles. The Hall–Kier alpha value is -3.19. The van der Waals surface area contributed by atoms with Gasteiger partial charge in [0.2, 0.25) is 5.91 Å². The molecule has 2 aliphatic heterocycles. The predicted molar refractivity (Wildman–Crippen MR) is 125 cm³/mol. The van der Waals surface area contributed by atoms with Crippen LogP contribution >= 0.6 is 0 Å². The summed E-state index contributed by atoms with van der Waals surface area (Å²) in [6.45, 7) is 6.59. The Bertz CT molecular complexity index is 1200. The fourth-order valence-corrected chi connectivity index (χ4v) is 4.66. The van der Waals surface area contributed by atoms with Crippen LogP contribution < -0.4 is 16.8 Å². The Morgan fingerprint density at radius 3 is 2.41 bits per heavy atom. The highest BCUT2D eigenvalue weighted by Crippen LogP contribution is 2.43. The van der Waals surface area contributed by atoms with Crippen LogP contribution in [0.15, 0.2) is 36.4 Å². The molecule has 1 aromatic heterocycles. The molecule has 5 N–H and O–H groups in total. The van der Waals surface area contributed by atoms with Crippen molar-refractivity contribution in [3.8, 4) is 11.1 Å². The molecule has 0 aliphatic carbocycles. The lowest BCUT2D eigenvalue weighted by Crippen LogP contribution is -2.31. The van der Waals surface area contributed by atoms with Crippen LogP contribution in [0.5, 0.6) is 0 Å². The Morgan fingerprint density at radius 1 is 1.09 bits per heavy atom.